The number of hydrogen-bond donors (Lipinski definition) is 2. The Morgan fingerprint density at radius 1 is 1.45 bits per heavy atom. The van der Waals surface area contributed by atoms with Crippen LogP contribution in [-0.2, 0) is 14.8 Å². The molecule has 1 amide bonds. The quantitative estimate of drug-likeness (QED) is 0.854. The van der Waals surface area contributed by atoms with Crippen molar-refractivity contribution in [3.05, 3.63) is 28.8 Å². The van der Waals surface area contributed by atoms with Gasteiger partial charge in [0.1, 0.15) is 0 Å². The molecule has 2 atom stereocenters. The van der Waals surface area contributed by atoms with E-state index in [4.69, 9.17) is 16.3 Å². The fraction of sp³-hybridized carbons (Fsp3) is 0.500. The van der Waals surface area contributed by atoms with Crippen molar-refractivity contribution in [1.29, 1.82) is 0 Å². The summed E-state index contributed by atoms with van der Waals surface area (Å²) in [5.41, 5.74) is 0.381. The number of ether oxygens (including phenoxy) is 1. The van der Waals surface area contributed by atoms with E-state index in [0.717, 1.165) is 19.1 Å². The normalized spacial score (nSPS) is 19.7. The minimum atomic E-state index is -3.49. The molecular formula is C14H19ClN2O4S. The van der Waals surface area contributed by atoms with Crippen LogP contribution in [0.1, 0.15) is 30.1 Å². The summed E-state index contributed by atoms with van der Waals surface area (Å²) in [6, 6.07) is 4.26. The van der Waals surface area contributed by atoms with Gasteiger partial charge < -0.3 is 10.1 Å². The Kier molecular flexibility index (Phi) is 5.31. The van der Waals surface area contributed by atoms with Crippen molar-refractivity contribution in [2.45, 2.75) is 31.9 Å². The van der Waals surface area contributed by atoms with E-state index >= 15 is 0 Å². The minimum absolute atomic E-state index is 0.0190. The Hall–Kier alpha value is -1.31. The average Bonchev–Trinajstić information content (AvgIpc) is 2.93. The van der Waals surface area contributed by atoms with Gasteiger partial charge in [0, 0.05) is 11.6 Å². The van der Waals surface area contributed by atoms with E-state index in [-0.39, 0.29) is 23.4 Å². The van der Waals surface area contributed by atoms with Gasteiger partial charge in [-0.2, -0.15) is 0 Å². The molecule has 1 heterocycles. The van der Waals surface area contributed by atoms with Crippen LogP contribution in [0.25, 0.3) is 0 Å². The predicted molar refractivity (Wildman–Crippen MR) is 85.8 cm³/mol. The molecule has 122 valence electrons. The average molecular weight is 347 g/mol. The number of nitrogens with one attached hydrogen (secondary N) is 2. The van der Waals surface area contributed by atoms with Crippen molar-refractivity contribution >= 4 is 33.2 Å². The molecule has 0 spiro atoms. The van der Waals surface area contributed by atoms with E-state index in [1.165, 1.54) is 18.2 Å². The maximum Gasteiger partial charge on any atom is 0.253 e. The molecule has 0 radical (unpaired) electrons. The summed E-state index contributed by atoms with van der Waals surface area (Å²) in [7, 11) is -3.49. The van der Waals surface area contributed by atoms with Crippen molar-refractivity contribution in [3.63, 3.8) is 0 Å². The lowest BCUT2D eigenvalue weighted by Gasteiger charge is -2.21. The lowest BCUT2D eigenvalue weighted by molar-refractivity contribution is 0.0713. The summed E-state index contributed by atoms with van der Waals surface area (Å²) in [6.07, 6.45) is 2.88. The molecule has 0 saturated carbocycles. The minimum Gasteiger partial charge on any atom is -0.376 e. The molecule has 0 aromatic heterocycles. The van der Waals surface area contributed by atoms with Crippen LogP contribution in [0.3, 0.4) is 0 Å². The number of halogens is 1. The zero-order valence-corrected chi connectivity index (χ0v) is 14.0. The predicted octanol–water partition coefficient (Wildman–Crippen LogP) is 2.01. The molecule has 2 N–H and O–H groups in total. The monoisotopic (exact) mass is 346 g/mol. The summed E-state index contributed by atoms with van der Waals surface area (Å²) < 4.78 is 30.6. The Morgan fingerprint density at radius 2 is 2.18 bits per heavy atom. The smallest absolute Gasteiger partial charge is 0.253 e. The molecule has 8 heteroatoms. The number of carbonyl (C=O) groups excluding carboxylic acids is 1. The number of anilines is 1. The number of carbonyl (C=O) groups is 1. The third-order valence-corrected chi connectivity index (χ3v) is 4.23. The van der Waals surface area contributed by atoms with Gasteiger partial charge in [-0.05, 0) is 38.0 Å². The number of amides is 1. The second kappa shape index (κ2) is 6.85. The first kappa shape index (κ1) is 17.1. The molecule has 22 heavy (non-hydrogen) atoms. The second-order valence-corrected chi connectivity index (χ2v) is 7.56. The van der Waals surface area contributed by atoms with Gasteiger partial charge in [0.15, 0.2) is 0 Å². The fourth-order valence-corrected chi connectivity index (χ4v) is 3.12. The van der Waals surface area contributed by atoms with Gasteiger partial charge in [0.05, 0.1) is 29.7 Å². The molecule has 6 nitrogen and oxygen atoms in total. The molecule has 1 aromatic carbocycles. The Morgan fingerprint density at radius 3 is 2.77 bits per heavy atom. The lowest BCUT2D eigenvalue weighted by Crippen LogP contribution is -2.41. The van der Waals surface area contributed by atoms with Crippen LogP contribution in [0, 0.1) is 0 Å². The maximum atomic E-state index is 12.4. The number of sulfonamides is 1. The first-order chi connectivity index (χ1) is 10.3. The van der Waals surface area contributed by atoms with Crippen molar-refractivity contribution in [2.24, 2.45) is 0 Å². The molecule has 1 aliphatic rings. The molecule has 0 bridgehead atoms. The topological polar surface area (TPSA) is 84.5 Å². The molecule has 1 fully saturated rings. The highest BCUT2D eigenvalue weighted by Crippen LogP contribution is 2.22. The Balaban J connectivity index is 2.18. The van der Waals surface area contributed by atoms with Crippen LogP contribution < -0.4 is 10.0 Å². The Labute approximate surface area is 135 Å². The van der Waals surface area contributed by atoms with Crippen LogP contribution in [0.5, 0.6) is 0 Å². The molecule has 1 aromatic rings. The van der Waals surface area contributed by atoms with Crippen LogP contribution in [-0.4, -0.2) is 39.3 Å². The van der Waals surface area contributed by atoms with E-state index < -0.39 is 15.9 Å². The summed E-state index contributed by atoms with van der Waals surface area (Å²) in [5.74, 6) is -0.392. The second-order valence-electron chi connectivity index (χ2n) is 5.38. The van der Waals surface area contributed by atoms with E-state index in [2.05, 4.69) is 10.0 Å². The summed E-state index contributed by atoms with van der Waals surface area (Å²) >= 11 is 5.91. The van der Waals surface area contributed by atoms with Crippen molar-refractivity contribution in [2.75, 3.05) is 17.6 Å². The van der Waals surface area contributed by atoms with E-state index in [1.807, 2.05) is 6.92 Å². The largest absolute Gasteiger partial charge is 0.376 e. The molecular weight excluding hydrogens is 328 g/mol. The maximum absolute atomic E-state index is 12.4. The lowest BCUT2D eigenvalue weighted by atomic mass is 10.1. The molecule has 0 aliphatic carbocycles. The van der Waals surface area contributed by atoms with Crippen LogP contribution in [0.15, 0.2) is 18.2 Å². The van der Waals surface area contributed by atoms with Gasteiger partial charge in [-0.25, -0.2) is 8.42 Å². The number of hydrogen-bond acceptors (Lipinski definition) is 4. The molecule has 0 unspecified atom stereocenters. The van der Waals surface area contributed by atoms with E-state index in [0.29, 0.717) is 11.6 Å². The number of benzene rings is 1. The van der Waals surface area contributed by atoms with Gasteiger partial charge >= 0.3 is 0 Å². The fourth-order valence-electron chi connectivity index (χ4n) is 2.37. The standard InChI is InChI=1S/C14H19ClN2O4S/c1-9(13-4-3-7-21-13)16-14(18)11-8-10(15)5-6-12(11)17-22(2,19)20/h5-6,8-9,13,17H,3-4,7H2,1-2H3,(H,16,18)/t9-,13-/m0/s1. The van der Waals surface area contributed by atoms with Gasteiger partial charge in [0.25, 0.3) is 5.91 Å². The molecule has 1 aliphatic heterocycles. The number of rotatable bonds is 5. The highest BCUT2D eigenvalue weighted by atomic mass is 35.5. The van der Waals surface area contributed by atoms with E-state index in [9.17, 15) is 13.2 Å². The van der Waals surface area contributed by atoms with Crippen LogP contribution in [0.2, 0.25) is 5.02 Å². The highest BCUT2D eigenvalue weighted by Gasteiger charge is 2.25. The zero-order valence-electron chi connectivity index (χ0n) is 12.4. The van der Waals surface area contributed by atoms with Crippen LogP contribution in [0.4, 0.5) is 5.69 Å². The summed E-state index contributed by atoms with van der Waals surface area (Å²) in [5, 5.41) is 3.19. The van der Waals surface area contributed by atoms with Gasteiger partial charge in [-0.1, -0.05) is 11.6 Å². The van der Waals surface area contributed by atoms with Crippen LogP contribution >= 0.6 is 11.6 Å². The van der Waals surface area contributed by atoms with Crippen molar-refractivity contribution < 1.29 is 17.9 Å². The third-order valence-electron chi connectivity index (χ3n) is 3.40. The third kappa shape index (κ3) is 4.59. The van der Waals surface area contributed by atoms with Gasteiger partial charge in [-0.15, -0.1) is 0 Å². The molecule has 2 rings (SSSR count). The van der Waals surface area contributed by atoms with Gasteiger partial charge in [0.2, 0.25) is 10.0 Å². The van der Waals surface area contributed by atoms with Crippen molar-refractivity contribution in [1.82, 2.24) is 5.32 Å². The first-order valence-electron chi connectivity index (χ1n) is 6.96. The SMILES string of the molecule is C[C@H](NC(=O)c1cc(Cl)ccc1NS(C)(=O)=O)[C@@H]1CCCO1. The highest BCUT2D eigenvalue weighted by molar-refractivity contribution is 7.92. The summed E-state index contributed by atoms with van der Waals surface area (Å²) in [4.78, 5) is 12.4. The Bertz CT molecular complexity index is 657. The van der Waals surface area contributed by atoms with Gasteiger partial charge in [-0.3, -0.25) is 9.52 Å². The zero-order chi connectivity index (χ0) is 16.3. The summed E-state index contributed by atoms with van der Waals surface area (Å²) in [6.45, 7) is 2.56. The first-order valence-corrected chi connectivity index (χ1v) is 9.23. The van der Waals surface area contributed by atoms with E-state index in [1.54, 1.807) is 0 Å². The molecule has 1 saturated heterocycles. The van der Waals surface area contributed by atoms with Crippen molar-refractivity contribution in [3.8, 4) is 0 Å².